The Balaban J connectivity index is 2.16. The smallest absolute Gasteiger partial charge is 0.134 e. The monoisotopic (exact) mass is 291 g/mol. The first-order chi connectivity index (χ1) is 10.0. The van der Waals surface area contributed by atoms with E-state index in [1.54, 1.807) is 0 Å². The zero-order valence-corrected chi connectivity index (χ0v) is 14.0. The van der Waals surface area contributed by atoms with E-state index in [0.29, 0.717) is 12.1 Å². The second-order valence-electron chi connectivity index (χ2n) is 6.16. The fourth-order valence-electron chi connectivity index (χ4n) is 2.90. The first kappa shape index (κ1) is 16.0. The molecule has 5 heteroatoms. The normalized spacial score (nSPS) is 23.1. The van der Waals surface area contributed by atoms with Crippen molar-refractivity contribution in [1.29, 1.82) is 0 Å². The zero-order valence-electron chi connectivity index (χ0n) is 14.0. The molecule has 21 heavy (non-hydrogen) atoms. The van der Waals surface area contributed by atoms with Crippen LogP contribution in [0.25, 0.3) is 0 Å². The highest BCUT2D eigenvalue weighted by Gasteiger charge is 2.23. The van der Waals surface area contributed by atoms with Gasteiger partial charge >= 0.3 is 0 Å². The van der Waals surface area contributed by atoms with Crippen LogP contribution < -0.4 is 10.6 Å². The van der Waals surface area contributed by atoms with E-state index in [-0.39, 0.29) is 0 Å². The Morgan fingerprint density at radius 2 is 2.00 bits per heavy atom. The van der Waals surface area contributed by atoms with Crippen molar-refractivity contribution in [3.05, 3.63) is 11.4 Å². The molecule has 1 aromatic heterocycles. The summed E-state index contributed by atoms with van der Waals surface area (Å²) >= 11 is 0. The molecule has 2 atom stereocenters. The fraction of sp³-hybridized carbons (Fsp3) is 0.750. The molecular formula is C16H29N5. The number of hydrogen-bond acceptors (Lipinski definition) is 5. The molecule has 5 nitrogen and oxygen atoms in total. The maximum atomic E-state index is 4.73. The summed E-state index contributed by atoms with van der Waals surface area (Å²) in [5.41, 5.74) is 1.11. The van der Waals surface area contributed by atoms with E-state index < -0.39 is 0 Å². The molecule has 1 aliphatic heterocycles. The molecule has 0 amide bonds. The van der Waals surface area contributed by atoms with Crippen LogP contribution in [0.15, 0.2) is 0 Å². The number of rotatable bonds is 5. The highest BCUT2D eigenvalue weighted by Crippen LogP contribution is 2.24. The summed E-state index contributed by atoms with van der Waals surface area (Å²) in [5.74, 6) is 2.87. The predicted molar refractivity (Wildman–Crippen MR) is 89.0 cm³/mol. The molecule has 0 saturated carbocycles. The summed E-state index contributed by atoms with van der Waals surface area (Å²) < 4.78 is 0. The summed E-state index contributed by atoms with van der Waals surface area (Å²) in [6.07, 6.45) is 4.32. The molecule has 0 radical (unpaired) electrons. The van der Waals surface area contributed by atoms with Crippen LogP contribution >= 0.6 is 0 Å². The van der Waals surface area contributed by atoms with E-state index in [9.17, 15) is 0 Å². The fourth-order valence-corrected chi connectivity index (χ4v) is 2.90. The van der Waals surface area contributed by atoms with Gasteiger partial charge in [0.2, 0.25) is 0 Å². The number of nitrogens with zero attached hydrogens (tertiary/aromatic N) is 3. The standard InChI is InChI=1S/C16H29N5/c1-6-7-14-19-15(17-4)12(3)16(20-14)18-13-8-9-21(5)11(2)10-13/h11,13H,6-10H2,1-5H3,(H2,17,18,19,20). The van der Waals surface area contributed by atoms with Crippen LogP contribution in [0, 0.1) is 6.92 Å². The molecule has 118 valence electrons. The molecule has 0 spiro atoms. The van der Waals surface area contributed by atoms with Crippen LogP contribution in [0.5, 0.6) is 0 Å². The lowest BCUT2D eigenvalue weighted by Crippen LogP contribution is -2.42. The number of piperidine rings is 1. The van der Waals surface area contributed by atoms with E-state index in [1.165, 1.54) is 6.42 Å². The van der Waals surface area contributed by atoms with Gasteiger partial charge in [0.1, 0.15) is 17.5 Å². The van der Waals surface area contributed by atoms with Crippen molar-refractivity contribution in [2.24, 2.45) is 0 Å². The second kappa shape index (κ2) is 7.07. The van der Waals surface area contributed by atoms with E-state index in [0.717, 1.165) is 48.8 Å². The maximum absolute atomic E-state index is 4.73. The van der Waals surface area contributed by atoms with Crippen molar-refractivity contribution in [2.75, 3.05) is 31.3 Å². The number of aromatic nitrogens is 2. The number of anilines is 2. The Bertz CT molecular complexity index is 474. The first-order valence-corrected chi connectivity index (χ1v) is 8.07. The van der Waals surface area contributed by atoms with Crippen LogP contribution in [0.2, 0.25) is 0 Å². The van der Waals surface area contributed by atoms with Crippen LogP contribution in [0.4, 0.5) is 11.6 Å². The van der Waals surface area contributed by atoms with Gasteiger partial charge in [0.15, 0.2) is 0 Å². The molecule has 2 rings (SSSR count). The Morgan fingerprint density at radius 3 is 2.62 bits per heavy atom. The average Bonchev–Trinajstić information content (AvgIpc) is 2.46. The summed E-state index contributed by atoms with van der Waals surface area (Å²) in [6.45, 7) is 7.68. The van der Waals surface area contributed by atoms with Gasteiger partial charge in [0.05, 0.1) is 0 Å². The van der Waals surface area contributed by atoms with Gasteiger partial charge in [0.25, 0.3) is 0 Å². The van der Waals surface area contributed by atoms with Crippen molar-refractivity contribution in [1.82, 2.24) is 14.9 Å². The molecule has 1 saturated heterocycles. The molecule has 0 bridgehead atoms. The lowest BCUT2D eigenvalue weighted by atomic mass is 9.99. The molecule has 1 fully saturated rings. The summed E-state index contributed by atoms with van der Waals surface area (Å²) in [6, 6.07) is 1.13. The topological polar surface area (TPSA) is 53.1 Å². The number of hydrogen-bond donors (Lipinski definition) is 2. The molecule has 2 unspecified atom stereocenters. The van der Waals surface area contributed by atoms with E-state index in [2.05, 4.69) is 48.3 Å². The van der Waals surface area contributed by atoms with Gasteiger partial charge in [0, 0.05) is 37.7 Å². The van der Waals surface area contributed by atoms with Crippen LogP contribution in [-0.4, -0.2) is 47.6 Å². The quantitative estimate of drug-likeness (QED) is 0.873. The second-order valence-corrected chi connectivity index (χ2v) is 6.16. The van der Waals surface area contributed by atoms with E-state index in [4.69, 9.17) is 4.98 Å². The molecule has 1 aliphatic rings. The van der Waals surface area contributed by atoms with Crippen molar-refractivity contribution in [3.63, 3.8) is 0 Å². The third kappa shape index (κ3) is 3.84. The van der Waals surface area contributed by atoms with Crippen LogP contribution in [0.3, 0.4) is 0 Å². The first-order valence-electron chi connectivity index (χ1n) is 8.07. The highest BCUT2D eigenvalue weighted by atomic mass is 15.2. The third-order valence-corrected chi connectivity index (χ3v) is 4.45. The largest absolute Gasteiger partial charge is 0.373 e. The summed E-state index contributed by atoms with van der Waals surface area (Å²) in [5, 5.41) is 6.84. The average molecular weight is 291 g/mol. The Labute approximate surface area is 128 Å². The lowest BCUT2D eigenvalue weighted by molar-refractivity contribution is 0.190. The van der Waals surface area contributed by atoms with Crippen LogP contribution in [0.1, 0.15) is 44.5 Å². The van der Waals surface area contributed by atoms with E-state index >= 15 is 0 Å². The molecule has 2 N–H and O–H groups in total. The van der Waals surface area contributed by atoms with Crippen molar-refractivity contribution >= 4 is 11.6 Å². The van der Waals surface area contributed by atoms with Gasteiger partial charge in [-0.1, -0.05) is 6.92 Å². The van der Waals surface area contributed by atoms with Gasteiger partial charge in [-0.3, -0.25) is 0 Å². The third-order valence-electron chi connectivity index (χ3n) is 4.45. The minimum Gasteiger partial charge on any atom is -0.373 e. The molecule has 1 aromatic rings. The minimum absolute atomic E-state index is 0.504. The van der Waals surface area contributed by atoms with E-state index in [1.807, 2.05) is 7.05 Å². The molecule has 0 aromatic carbocycles. The van der Waals surface area contributed by atoms with Crippen molar-refractivity contribution < 1.29 is 0 Å². The van der Waals surface area contributed by atoms with Crippen LogP contribution in [-0.2, 0) is 6.42 Å². The van der Waals surface area contributed by atoms with Gasteiger partial charge in [-0.25, -0.2) is 9.97 Å². The maximum Gasteiger partial charge on any atom is 0.134 e. The number of likely N-dealkylation sites (tertiary alicyclic amines) is 1. The summed E-state index contributed by atoms with van der Waals surface area (Å²) in [7, 11) is 4.13. The van der Waals surface area contributed by atoms with Gasteiger partial charge in [-0.15, -0.1) is 0 Å². The number of aryl methyl sites for hydroxylation is 1. The number of nitrogens with one attached hydrogen (secondary N) is 2. The minimum atomic E-state index is 0.504. The molecule has 2 heterocycles. The van der Waals surface area contributed by atoms with Gasteiger partial charge in [-0.05, 0) is 40.2 Å². The van der Waals surface area contributed by atoms with Gasteiger partial charge < -0.3 is 15.5 Å². The lowest BCUT2D eigenvalue weighted by Gasteiger charge is -2.35. The van der Waals surface area contributed by atoms with Crippen molar-refractivity contribution in [2.45, 2.75) is 58.5 Å². The Morgan fingerprint density at radius 1 is 1.29 bits per heavy atom. The Kier molecular flexibility index (Phi) is 5.39. The van der Waals surface area contributed by atoms with Gasteiger partial charge in [-0.2, -0.15) is 0 Å². The molecular weight excluding hydrogens is 262 g/mol. The summed E-state index contributed by atoms with van der Waals surface area (Å²) in [4.78, 5) is 11.7. The highest BCUT2D eigenvalue weighted by molar-refractivity contribution is 5.57. The zero-order chi connectivity index (χ0) is 15.4. The SMILES string of the molecule is CCCc1nc(NC)c(C)c(NC2CCN(C)C(C)C2)n1. The van der Waals surface area contributed by atoms with Crippen molar-refractivity contribution in [3.8, 4) is 0 Å². The molecule has 0 aliphatic carbocycles. The predicted octanol–water partition coefficient (Wildman–Crippen LogP) is 2.67. The Hall–Kier alpha value is -1.36.